The summed E-state index contributed by atoms with van der Waals surface area (Å²) in [6.07, 6.45) is 10.0. The summed E-state index contributed by atoms with van der Waals surface area (Å²) in [6.45, 7) is 2.21. The summed E-state index contributed by atoms with van der Waals surface area (Å²) in [6, 6.07) is 1.58. The van der Waals surface area contributed by atoms with Gasteiger partial charge in [0.25, 0.3) is 0 Å². The first-order valence-corrected chi connectivity index (χ1v) is 10.7. The van der Waals surface area contributed by atoms with Crippen molar-refractivity contribution in [2.24, 2.45) is 5.92 Å². The highest BCUT2D eigenvalue weighted by atomic mass is 35.5. The van der Waals surface area contributed by atoms with Gasteiger partial charge in [0.05, 0.1) is 34.8 Å². The molecule has 0 saturated carbocycles. The molecule has 0 spiro atoms. The number of hydrogen-bond donors (Lipinski definition) is 0. The first kappa shape index (κ1) is 20.8. The van der Waals surface area contributed by atoms with Crippen molar-refractivity contribution in [2.45, 2.75) is 31.7 Å². The molecule has 8 nitrogen and oxygen atoms in total. The van der Waals surface area contributed by atoms with Crippen LogP contribution in [0.15, 0.2) is 30.9 Å². The average molecular weight is 432 g/mol. The smallest absolute Gasteiger partial charge is 0.226 e. The first-order valence-electron chi connectivity index (χ1n) is 10.3. The highest BCUT2D eigenvalue weighted by Crippen LogP contribution is 2.30. The summed E-state index contributed by atoms with van der Waals surface area (Å²) in [4.78, 5) is 33.7. The van der Waals surface area contributed by atoms with E-state index in [9.17, 15) is 9.59 Å². The number of rotatable bonds is 6. The standard InChI is InChI=1S/C21H26ClN5O3/c1-30-14-20(28)18-3-2-8-26(18)21(29)15-5-9-25(10-6-15)19-12-23-7-4-17(19)27-13-16(22)11-24-27/h4,7,11-13,15,18H,2-3,5-6,8-10,14H2,1H3/t18-/m0/s1. The Morgan fingerprint density at radius 3 is 2.67 bits per heavy atom. The molecule has 9 heteroatoms. The van der Waals surface area contributed by atoms with Gasteiger partial charge in [-0.1, -0.05) is 11.6 Å². The summed E-state index contributed by atoms with van der Waals surface area (Å²) in [5, 5.41) is 4.88. The fraction of sp³-hybridized carbons (Fsp3) is 0.524. The lowest BCUT2D eigenvalue weighted by molar-refractivity contribution is -0.142. The molecule has 4 heterocycles. The Labute approximate surface area is 180 Å². The SMILES string of the molecule is COCC(=O)[C@@H]1CCCN1C(=O)C1CCN(c2cnccc2-n2cc(Cl)cn2)CC1. The van der Waals surface area contributed by atoms with Gasteiger partial charge in [0.1, 0.15) is 6.61 Å². The van der Waals surface area contributed by atoms with E-state index >= 15 is 0 Å². The minimum absolute atomic E-state index is 0.00123. The maximum absolute atomic E-state index is 13.1. The molecule has 4 rings (SSSR count). The Morgan fingerprint density at radius 2 is 1.97 bits per heavy atom. The summed E-state index contributed by atoms with van der Waals surface area (Å²) in [7, 11) is 1.51. The van der Waals surface area contributed by atoms with Gasteiger partial charge in [-0.15, -0.1) is 0 Å². The van der Waals surface area contributed by atoms with Gasteiger partial charge in [-0.2, -0.15) is 5.10 Å². The van der Waals surface area contributed by atoms with Crippen molar-refractivity contribution < 1.29 is 14.3 Å². The summed E-state index contributed by atoms with van der Waals surface area (Å²) in [5.74, 6) is 0.0435. The van der Waals surface area contributed by atoms with Gasteiger partial charge in [-0.25, -0.2) is 4.68 Å². The highest BCUT2D eigenvalue weighted by molar-refractivity contribution is 6.30. The molecule has 1 atom stereocenters. The largest absolute Gasteiger partial charge is 0.377 e. The van der Waals surface area contributed by atoms with Gasteiger partial charge in [0.15, 0.2) is 5.78 Å². The maximum atomic E-state index is 13.1. The third-order valence-corrected chi connectivity index (χ3v) is 6.15. The summed E-state index contributed by atoms with van der Waals surface area (Å²) >= 11 is 6.03. The Bertz CT molecular complexity index is 910. The minimum atomic E-state index is -0.329. The molecule has 2 fully saturated rings. The number of methoxy groups -OCH3 is 1. The Kier molecular flexibility index (Phi) is 6.34. The van der Waals surface area contributed by atoms with E-state index in [-0.39, 0.29) is 30.3 Å². The van der Waals surface area contributed by atoms with E-state index in [0.29, 0.717) is 11.6 Å². The fourth-order valence-electron chi connectivity index (χ4n) is 4.45. The van der Waals surface area contributed by atoms with E-state index in [2.05, 4.69) is 15.0 Å². The number of carbonyl (C=O) groups is 2. The molecule has 2 aliphatic heterocycles. The van der Waals surface area contributed by atoms with Crippen molar-refractivity contribution in [3.05, 3.63) is 35.9 Å². The molecule has 0 N–H and O–H groups in total. The monoisotopic (exact) mass is 431 g/mol. The number of ketones is 1. The second kappa shape index (κ2) is 9.14. The van der Waals surface area contributed by atoms with Crippen LogP contribution in [0.3, 0.4) is 0 Å². The number of piperidine rings is 1. The van der Waals surface area contributed by atoms with E-state index in [0.717, 1.165) is 50.1 Å². The maximum Gasteiger partial charge on any atom is 0.226 e. The summed E-state index contributed by atoms with van der Waals surface area (Å²) in [5.41, 5.74) is 1.88. The van der Waals surface area contributed by atoms with Crippen molar-refractivity contribution in [3.8, 4) is 5.69 Å². The van der Waals surface area contributed by atoms with Crippen LogP contribution in [0.25, 0.3) is 5.69 Å². The van der Waals surface area contributed by atoms with Gasteiger partial charge in [-0.05, 0) is 31.7 Å². The van der Waals surface area contributed by atoms with Crippen molar-refractivity contribution in [2.75, 3.05) is 38.3 Å². The minimum Gasteiger partial charge on any atom is -0.377 e. The zero-order valence-electron chi connectivity index (χ0n) is 17.0. The molecule has 0 unspecified atom stereocenters. The molecule has 0 aliphatic carbocycles. The van der Waals surface area contributed by atoms with Crippen LogP contribution in [0.5, 0.6) is 0 Å². The number of aromatic nitrogens is 3. The Morgan fingerprint density at radius 1 is 1.17 bits per heavy atom. The summed E-state index contributed by atoms with van der Waals surface area (Å²) < 4.78 is 6.73. The zero-order chi connectivity index (χ0) is 21.1. The second-order valence-electron chi connectivity index (χ2n) is 7.82. The number of pyridine rings is 1. The van der Waals surface area contributed by atoms with E-state index < -0.39 is 0 Å². The normalized spacial score (nSPS) is 20.0. The molecule has 2 aromatic heterocycles. The van der Waals surface area contributed by atoms with Crippen molar-refractivity contribution in [3.63, 3.8) is 0 Å². The van der Waals surface area contributed by atoms with E-state index in [4.69, 9.17) is 16.3 Å². The van der Waals surface area contributed by atoms with Crippen LogP contribution in [-0.2, 0) is 14.3 Å². The number of ether oxygens (including phenoxy) is 1. The number of nitrogens with zero attached hydrogens (tertiary/aromatic N) is 5. The zero-order valence-corrected chi connectivity index (χ0v) is 17.8. The van der Waals surface area contributed by atoms with Crippen LogP contribution in [0.2, 0.25) is 5.02 Å². The lowest BCUT2D eigenvalue weighted by Crippen LogP contribution is -2.47. The van der Waals surface area contributed by atoms with Crippen LogP contribution in [0.1, 0.15) is 25.7 Å². The Hall–Kier alpha value is -2.45. The molecule has 0 bridgehead atoms. The van der Waals surface area contributed by atoms with Crippen LogP contribution in [-0.4, -0.2) is 70.7 Å². The van der Waals surface area contributed by atoms with Crippen molar-refractivity contribution in [1.82, 2.24) is 19.7 Å². The predicted octanol–water partition coefficient (Wildman–Crippen LogP) is 2.34. The predicted molar refractivity (Wildman–Crippen MR) is 113 cm³/mol. The van der Waals surface area contributed by atoms with Gasteiger partial charge < -0.3 is 14.5 Å². The van der Waals surface area contributed by atoms with Crippen molar-refractivity contribution in [1.29, 1.82) is 0 Å². The van der Waals surface area contributed by atoms with Gasteiger partial charge in [0.2, 0.25) is 5.91 Å². The average Bonchev–Trinajstić information content (AvgIpc) is 3.43. The second-order valence-corrected chi connectivity index (χ2v) is 8.25. The van der Waals surface area contributed by atoms with Crippen LogP contribution in [0.4, 0.5) is 5.69 Å². The molecule has 160 valence electrons. The number of amides is 1. The molecule has 2 aromatic rings. The Balaban J connectivity index is 1.42. The number of carbonyl (C=O) groups excluding carboxylic acids is 2. The van der Waals surface area contributed by atoms with Gasteiger partial charge in [0, 0.05) is 45.1 Å². The van der Waals surface area contributed by atoms with Crippen LogP contribution < -0.4 is 4.90 Å². The van der Waals surface area contributed by atoms with E-state index in [1.807, 2.05) is 12.3 Å². The lowest BCUT2D eigenvalue weighted by atomic mass is 9.94. The molecule has 30 heavy (non-hydrogen) atoms. The number of anilines is 1. The molecule has 2 aliphatic rings. The molecular weight excluding hydrogens is 406 g/mol. The van der Waals surface area contributed by atoms with Crippen LogP contribution in [0, 0.1) is 5.92 Å². The number of Topliss-reactive ketones (excluding diaryl/α,β-unsaturated/α-hetero) is 1. The number of likely N-dealkylation sites (tertiary alicyclic amines) is 1. The first-order chi connectivity index (χ1) is 14.6. The lowest BCUT2D eigenvalue weighted by Gasteiger charge is -2.36. The number of halogens is 1. The highest BCUT2D eigenvalue weighted by Gasteiger charge is 2.38. The third kappa shape index (κ3) is 4.20. The fourth-order valence-corrected chi connectivity index (χ4v) is 4.59. The van der Waals surface area contributed by atoms with Crippen LogP contribution >= 0.6 is 11.6 Å². The molecule has 0 aromatic carbocycles. The van der Waals surface area contributed by atoms with Gasteiger partial charge >= 0.3 is 0 Å². The molecule has 0 radical (unpaired) electrons. The van der Waals surface area contributed by atoms with Crippen molar-refractivity contribution >= 4 is 29.0 Å². The number of hydrogen-bond acceptors (Lipinski definition) is 6. The van der Waals surface area contributed by atoms with Gasteiger partial charge in [-0.3, -0.25) is 14.6 Å². The van der Waals surface area contributed by atoms with E-state index in [1.54, 1.807) is 28.2 Å². The molecular formula is C21H26ClN5O3. The molecule has 1 amide bonds. The topological polar surface area (TPSA) is 80.6 Å². The molecule has 2 saturated heterocycles. The quantitative estimate of drug-likeness (QED) is 0.698. The third-order valence-electron chi connectivity index (χ3n) is 5.95. The van der Waals surface area contributed by atoms with E-state index in [1.165, 1.54) is 7.11 Å².